The molecule has 0 aliphatic rings. The highest BCUT2D eigenvalue weighted by Gasteiger charge is 2.03. The number of benzene rings is 1. The van der Waals surface area contributed by atoms with E-state index in [0.29, 0.717) is 6.54 Å². The molecule has 5 heteroatoms. The van der Waals surface area contributed by atoms with E-state index >= 15 is 0 Å². The zero-order valence-electron chi connectivity index (χ0n) is 9.34. The number of fused-ring (bicyclic) bond motifs is 1. The molecule has 0 unspecified atom stereocenters. The minimum atomic E-state index is -0.303. The fraction of sp³-hybridized carbons (Fsp3) is 0.167. The normalized spacial score (nSPS) is 10.4. The second-order valence-corrected chi connectivity index (χ2v) is 3.75. The summed E-state index contributed by atoms with van der Waals surface area (Å²) in [5.41, 5.74) is 11.4. The Bertz CT molecular complexity index is 567. The number of carbonyl (C=O) groups is 1. The Hall–Kier alpha value is -2.30. The number of guanidine groups is 1. The Morgan fingerprint density at radius 3 is 2.76 bits per heavy atom. The van der Waals surface area contributed by atoms with Gasteiger partial charge in [0.15, 0.2) is 5.96 Å². The first-order chi connectivity index (χ1) is 8.16. The number of carbonyl (C=O) groups excluding carboxylic acids is 1. The third kappa shape index (κ3) is 2.63. The van der Waals surface area contributed by atoms with E-state index in [2.05, 4.69) is 4.99 Å². The number of rotatable bonds is 3. The van der Waals surface area contributed by atoms with Crippen LogP contribution in [0, 0.1) is 0 Å². The predicted octanol–water partition coefficient (Wildman–Crippen LogP) is 0.831. The second kappa shape index (κ2) is 4.69. The molecule has 0 fully saturated rings. The van der Waals surface area contributed by atoms with Crippen LogP contribution >= 0.6 is 0 Å². The van der Waals surface area contributed by atoms with Gasteiger partial charge in [0, 0.05) is 24.7 Å². The van der Waals surface area contributed by atoms with Gasteiger partial charge in [-0.05, 0) is 17.5 Å². The fourth-order valence-corrected chi connectivity index (χ4v) is 1.75. The number of nitrogens with two attached hydrogens (primary N) is 2. The highest BCUT2D eigenvalue weighted by molar-refractivity contribution is 5.91. The minimum Gasteiger partial charge on any atom is -0.370 e. The van der Waals surface area contributed by atoms with Crippen LogP contribution in [0.2, 0.25) is 0 Å². The van der Waals surface area contributed by atoms with Crippen LogP contribution in [0.5, 0.6) is 0 Å². The van der Waals surface area contributed by atoms with Crippen LogP contribution in [0.1, 0.15) is 6.42 Å². The van der Waals surface area contributed by atoms with Crippen molar-refractivity contribution >= 4 is 22.8 Å². The van der Waals surface area contributed by atoms with E-state index in [-0.39, 0.29) is 18.3 Å². The molecular weight excluding hydrogens is 216 g/mol. The SMILES string of the molecule is NC(N)=NC(=O)CCn1ccc2ccccc21. The van der Waals surface area contributed by atoms with Gasteiger partial charge < -0.3 is 16.0 Å². The Kier molecular flexibility index (Phi) is 3.09. The third-order valence-electron chi connectivity index (χ3n) is 2.50. The van der Waals surface area contributed by atoms with Gasteiger partial charge in [0.1, 0.15) is 0 Å². The maximum Gasteiger partial charge on any atom is 0.250 e. The van der Waals surface area contributed by atoms with Crippen molar-refractivity contribution in [3.05, 3.63) is 36.5 Å². The summed E-state index contributed by atoms with van der Waals surface area (Å²) in [6.07, 6.45) is 2.24. The molecule has 1 aromatic heterocycles. The molecular formula is C12H14N4O. The fourth-order valence-electron chi connectivity index (χ4n) is 1.75. The average molecular weight is 230 g/mol. The second-order valence-electron chi connectivity index (χ2n) is 3.75. The number of hydrogen-bond acceptors (Lipinski definition) is 1. The van der Waals surface area contributed by atoms with Gasteiger partial charge in [0.25, 0.3) is 5.91 Å². The van der Waals surface area contributed by atoms with Crippen LogP contribution in [-0.4, -0.2) is 16.4 Å². The molecule has 1 amide bonds. The van der Waals surface area contributed by atoms with Gasteiger partial charge in [-0.2, -0.15) is 4.99 Å². The largest absolute Gasteiger partial charge is 0.370 e. The molecule has 5 nitrogen and oxygen atoms in total. The molecule has 0 atom stereocenters. The first kappa shape index (κ1) is 11.2. The molecule has 0 saturated heterocycles. The van der Waals surface area contributed by atoms with Crippen molar-refractivity contribution in [2.24, 2.45) is 16.5 Å². The standard InChI is InChI=1S/C12H14N4O/c13-12(14)15-11(17)6-8-16-7-5-9-3-1-2-4-10(9)16/h1-5,7H,6,8H2,(H4,13,14,15,17). The van der Waals surface area contributed by atoms with E-state index in [1.807, 2.05) is 41.1 Å². The molecule has 0 radical (unpaired) electrons. The van der Waals surface area contributed by atoms with Crippen molar-refractivity contribution < 1.29 is 4.79 Å². The quantitative estimate of drug-likeness (QED) is 0.605. The number of amides is 1. The van der Waals surface area contributed by atoms with E-state index < -0.39 is 0 Å². The molecule has 0 aliphatic heterocycles. The Morgan fingerprint density at radius 1 is 1.24 bits per heavy atom. The number of hydrogen-bond donors (Lipinski definition) is 2. The lowest BCUT2D eigenvalue weighted by molar-refractivity contribution is -0.117. The summed E-state index contributed by atoms with van der Waals surface area (Å²) in [6.45, 7) is 0.573. The van der Waals surface area contributed by atoms with Crippen molar-refractivity contribution in [1.82, 2.24) is 4.57 Å². The third-order valence-corrected chi connectivity index (χ3v) is 2.50. The molecule has 17 heavy (non-hydrogen) atoms. The number of para-hydroxylation sites is 1. The Labute approximate surface area is 98.7 Å². The molecule has 2 rings (SSSR count). The molecule has 1 aromatic carbocycles. The van der Waals surface area contributed by atoms with Gasteiger partial charge in [-0.15, -0.1) is 0 Å². The van der Waals surface area contributed by atoms with Crippen LogP contribution in [-0.2, 0) is 11.3 Å². The minimum absolute atomic E-state index is 0.188. The van der Waals surface area contributed by atoms with E-state index in [1.54, 1.807) is 0 Å². The van der Waals surface area contributed by atoms with Crippen molar-refractivity contribution in [2.75, 3.05) is 0 Å². The summed E-state index contributed by atoms with van der Waals surface area (Å²) in [4.78, 5) is 14.8. The summed E-state index contributed by atoms with van der Waals surface area (Å²) >= 11 is 0. The predicted molar refractivity (Wildman–Crippen MR) is 67.4 cm³/mol. The smallest absolute Gasteiger partial charge is 0.250 e. The monoisotopic (exact) mass is 230 g/mol. The first-order valence-electron chi connectivity index (χ1n) is 5.33. The summed E-state index contributed by atoms with van der Waals surface area (Å²) < 4.78 is 2.01. The number of aliphatic imine (C=N–C) groups is 1. The van der Waals surface area contributed by atoms with E-state index in [1.165, 1.54) is 0 Å². The van der Waals surface area contributed by atoms with Crippen molar-refractivity contribution in [3.8, 4) is 0 Å². The van der Waals surface area contributed by atoms with Gasteiger partial charge in [-0.1, -0.05) is 18.2 Å². The summed E-state index contributed by atoms with van der Waals surface area (Å²) in [6, 6.07) is 10.0. The number of nitrogens with zero attached hydrogens (tertiary/aromatic N) is 2. The van der Waals surface area contributed by atoms with Crippen LogP contribution in [0.25, 0.3) is 10.9 Å². The maximum atomic E-state index is 11.3. The lowest BCUT2D eigenvalue weighted by Crippen LogP contribution is -2.24. The van der Waals surface area contributed by atoms with E-state index in [0.717, 1.165) is 10.9 Å². The van der Waals surface area contributed by atoms with Crippen LogP contribution in [0.3, 0.4) is 0 Å². The highest BCUT2D eigenvalue weighted by Crippen LogP contribution is 2.15. The molecule has 0 bridgehead atoms. The average Bonchev–Trinajstić information content (AvgIpc) is 2.69. The number of aromatic nitrogens is 1. The zero-order valence-corrected chi connectivity index (χ0v) is 9.34. The van der Waals surface area contributed by atoms with Gasteiger partial charge >= 0.3 is 0 Å². The molecule has 0 spiro atoms. The van der Waals surface area contributed by atoms with Crippen LogP contribution in [0.4, 0.5) is 0 Å². The highest BCUT2D eigenvalue weighted by atomic mass is 16.1. The summed E-state index contributed by atoms with van der Waals surface area (Å²) in [7, 11) is 0. The van der Waals surface area contributed by atoms with Crippen molar-refractivity contribution in [3.63, 3.8) is 0 Å². The molecule has 4 N–H and O–H groups in total. The van der Waals surface area contributed by atoms with E-state index in [9.17, 15) is 4.79 Å². The number of aryl methyl sites for hydroxylation is 1. The Balaban J connectivity index is 2.09. The van der Waals surface area contributed by atoms with Gasteiger partial charge in [-0.25, -0.2) is 0 Å². The van der Waals surface area contributed by atoms with Gasteiger partial charge in [0.05, 0.1) is 0 Å². The van der Waals surface area contributed by atoms with Crippen LogP contribution < -0.4 is 11.5 Å². The Morgan fingerprint density at radius 2 is 2.00 bits per heavy atom. The first-order valence-corrected chi connectivity index (χ1v) is 5.33. The zero-order chi connectivity index (χ0) is 12.3. The molecule has 88 valence electrons. The summed E-state index contributed by atoms with van der Waals surface area (Å²) in [5.74, 6) is -0.491. The van der Waals surface area contributed by atoms with Crippen molar-refractivity contribution in [1.29, 1.82) is 0 Å². The topological polar surface area (TPSA) is 86.4 Å². The van der Waals surface area contributed by atoms with Crippen LogP contribution in [0.15, 0.2) is 41.5 Å². The maximum absolute atomic E-state index is 11.3. The van der Waals surface area contributed by atoms with Crippen molar-refractivity contribution in [2.45, 2.75) is 13.0 Å². The molecule has 2 aromatic rings. The molecule has 0 aliphatic carbocycles. The van der Waals surface area contributed by atoms with Gasteiger partial charge in [0.2, 0.25) is 0 Å². The lowest BCUT2D eigenvalue weighted by Gasteiger charge is -2.03. The molecule has 1 heterocycles. The molecule has 0 saturated carbocycles. The van der Waals surface area contributed by atoms with Gasteiger partial charge in [-0.3, -0.25) is 4.79 Å². The summed E-state index contributed by atoms with van der Waals surface area (Å²) in [5, 5.41) is 1.15. The lowest BCUT2D eigenvalue weighted by atomic mass is 10.2. The van der Waals surface area contributed by atoms with E-state index in [4.69, 9.17) is 11.5 Å².